The van der Waals surface area contributed by atoms with Gasteiger partial charge in [-0.25, -0.2) is 0 Å². The lowest BCUT2D eigenvalue weighted by Gasteiger charge is -2.35. The molecule has 2 heterocycles. The number of benzene rings is 2. The van der Waals surface area contributed by atoms with Gasteiger partial charge >= 0.3 is 0 Å². The van der Waals surface area contributed by atoms with Gasteiger partial charge in [-0.15, -0.1) is 0 Å². The number of aromatic nitrogens is 1. The maximum atomic E-state index is 12.8. The lowest BCUT2D eigenvalue weighted by molar-refractivity contribution is -0.384. The van der Waals surface area contributed by atoms with Crippen LogP contribution in [-0.2, 0) is 0 Å². The molecule has 0 N–H and O–H groups in total. The number of hydrogen-bond donors (Lipinski definition) is 0. The van der Waals surface area contributed by atoms with Gasteiger partial charge in [-0.05, 0) is 24.3 Å². The van der Waals surface area contributed by atoms with Crippen LogP contribution >= 0.6 is 23.2 Å². The van der Waals surface area contributed by atoms with Gasteiger partial charge in [0, 0.05) is 53.9 Å². The normalized spacial score (nSPS) is 14.1. The highest BCUT2D eigenvalue weighted by Gasteiger charge is 2.28. The number of nitrogens with zero attached hydrogens (tertiary/aromatic N) is 4. The molecule has 154 valence electrons. The number of anilines is 1. The Morgan fingerprint density at radius 3 is 2.47 bits per heavy atom. The van der Waals surface area contributed by atoms with Crippen LogP contribution in [0.2, 0.25) is 10.0 Å². The van der Waals surface area contributed by atoms with E-state index in [1.165, 1.54) is 6.07 Å². The number of carbonyl (C=O) groups excluding carboxylic acids is 1. The van der Waals surface area contributed by atoms with Crippen molar-refractivity contribution in [2.75, 3.05) is 31.1 Å². The molecule has 2 aromatic carbocycles. The van der Waals surface area contributed by atoms with E-state index in [4.69, 9.17) is 27.7 Å². The minimum absolute atomic E-state index is 0.0510. The van der Waals surface area contributed by atoms with E-state index < -0.39 is 4.92 Å². The Morgan fingerprint density at radius 1 is 1.03 bits per heavy atom. The van der Waals surface area contributed by atoms with Gasteiger partial charge in [0.25, 0.3) is 11.6 Å². The molecule has 0 radical (unpaired) electrons. The summed E-state index contributed by atoms with van der Waals surface area (Å²) in [5.41, 5.74) is 1.37. The molecule has 1 aromatic heterocycles. The second-order valence-electron chi connectivity index (χ2n) is 6.76. The highest BCUT2D eigenvalue weighted by Crippen LogP contribution is 2.32. The Kier molecular flexibility index (Phi) is 5.61. The predicted molar refractivity (Wildman–Crippen MR) is 113 cm³/mol. The molecule has 10 heteroatoms. The molecule has 0 unspecified atom stereocenters. The van der Waals surface area contributed by atoms with E-state index >= 15 is 0 Å². The smallest absolute Gasteiger partial charge is 0.294 e. The summed E-state index contributed by atoms with van der Waals surface area (Å²) >= 11 is 11.9. The van der Waals surface area contributed by atoms with Crippen LogP contribution < -0.4 is 4.90 Å². The fraction of sp³-hybridized carbons (Fsp3) is 0.200. The molecule has 0 saturated carbocycles. The Bertz CT molecular complexity index is 1110. The number of nitro benzene ring substituents is 1. The first-order valence-electron chi connectivity index (χ1n) is 9.13. The van der Waals surface area contributed by atoms with Crippen LogP contribution in [0.4, 0.5) is 11.4 Å². The van der Waals surface area contributed by atoms with Crippen molar-refractivity contribution in [2.24, 2.45) is 0 Å². The van der Waals surface area contributed by atoms with E-state index in [1.54, 1.807) is 41.3 Å². The minimum Gasteiger partial charge on any atom is -0.362 e. The molecular formula is C20H16Cl2N4O4. The predicted octanol–water partition coefficient (Wildman–Crippen LogP) is 4.52. The van der Waals surface area contributed by atoms with Crippen molar-refractivity contribution in [1.82, 2.24) is 10.1 Å². The first kappa shape index (κ1) is 20.2. The van der Waals surface area contributed by atoms with Gasteiger partial charge in [-0.2, -0.15) is 0 Å². The van der Waals surface area contributed by atoms with Gasteiger partial charge in [0.05, 0.1) is 4.92 Å². The molecule has 8 nitrogen and oxygen atoms in total. The third-order valence-electron chi connectivity index (χ3n) is 4.88. The van der Waals surface area contributed by atoms with Gasteiger partial charge in [0.1, 0.15) is 5.69 Å². The van der Waals surface area contributed by atoms with Crippen molar-refractivity contribution in [1.29, 1.82) is 0 Å². The van der Waals surface area contributed by atoms with Crippen molar-refractivity contribution >= 4 is 40.5 Å². The minimum atomic E-state index is -0.453. The lowest BCUT2D eigenvalue weighted by atomic mass is 10.1. The summed E-state index contributed by atoms with van der Waals surface area (Å²) in [6, 6.07) is 13.3. The zero-order valence-corrected chi connectivity index (χ0v) is 17.1. The van der Waals surface area contributed by atoms with Gasteiger partial charge in [-0.1, -0.05) is 40.5 Å². The van der Waals surface area contributed by atoms with Crippen molar-refractivity contribution in [2.45, 2.75) is 0 Å². The average molecular weight is 447 g/mol. The summed E-state index contributed by atoms with van der Waals surface area (Å²) in [5, 5.41) is 16.1. The monoisotopic (exact) mass is 446 g/mol. The van der Waals surface area contributed by atoms with Gasteiger partial charge in [0.2, 0.25) is 0 Å². The quantitative estimate of drug-likeness (QED) is 0.431. The van der Waals surface area contributed by atoms with Gasteiger partial charge in [-0.3, -0.25) is 14.9 Å². The van der Waals surface area contributed by atoms with Crippen molar-refractivity contribution in [3.63, 3.8) is 0 Å². The Hall–Kier alpha value is -3.10. The Labute approximate surface area is 181 Å². The van der Waals surface area contributed by atoms with E-state index in [1.807, 2.05) is 11.0 Å². The first-order valence-corrected chi connectivity index (χ1v) is 9.89. The van der Waals surface area contributed by atoms with Crippen LogP contribution in [0.5, 0.6) is 0 Å². The highest BCUT2D eigenvalue weighted by atomic mass is 35.5. The molecule has 0 atom stereocenters. The van der Waals surface area contributed by atoms with E-state index in [2.05, 4.69) is 5.16 Å². The van der Waals surface area contributed by atoms with Crippen molar-refractivity contribution in [3.8, 4) is 11.3 Å². The molecule has 0 spiro atoms. The second-order valence-corrected chi connectivity index (χ2v) is 7.63. The molecule has 3 aromatic rings. The van der Waals surface area contributed by atoms with Gasteiger partial charge in [0.15, 0.2) is 11.5 Å². The SMILES string of the molecule is O=C(c1cc(-c2cccc(Cl)c2)on1)N1CCN(c2ccc(Cl)cc2[N+](=O)[O-])CC1. The molecule has 1 amide bonds. The van der Waals surface area contributed by atoms with E-state index in [0.29, 0.717) is 47.7 Å². The number of piperazine rings is 1. The molecule has 1 aliphatic rings. The van der Waals surface area contributed by atoms with E-state index in [9.17, 15) is 14.9 Å². The molecule has 1 aliphatic heterocycles. The summed E-state index contributed by atoms with van der Waals surface area (Å²) < 4.78 is 5.31. The lowest BCUT2D eigenvalue weighted by Crippen LogP contribution is -2.49. The highest BCUT2D eigenvalue weighted by molar-refractivity contribution is 6.31. The number of hydrogen-bond acceptors (Lipinski definition) is 6. The molecular weight excluding hydrogens is 431 g/mol. The molecule has 1 saturated heterocycles. The van der Waals surface area contributed by atoms with Crippen LogP contribution in [0.3, 0.4) is 0 Å². The third-order valence-corrected chi connectivity index (χ3v) is 5.35. The number of rotatable bonds is 4. The van der Waals surface area contributed by atoms with Crippen LogP contribution in [0, 0.1) is 10.1 Å². The number of nitro groups is 1. The molecule has 0 aliphatic carbocycles. The van der Waals surface area contributed by atoms with Crippen molar-refractivity contribution in [3.05, 3.63) is 74.4 Å². The summed E-state index contributed by atoms with van der Waals surface area (Å²) in [6.45, 7) is 1.70. The molecule has 4 rings (SSSR count). The standard InChI is InChI=1S/C20H16Cl2N4O4/c21-14-3-1-2-13(10-14)19-12-16(23-30-19)20(27)25-8-6-24(7-9-25)17-5-4-15(22)11-18(17)26(28)29/h1-5,10-12H,6-9H2. The van der Waals surface area contributed by atoms with Crippen LogP contribution in [-0.4, -0.2) is 47.1 Å². The third kappa shape index (κ3) is 4.10. The fourth-order valence-electron chi connectivity index (χ4n) is 3.38. The first-order chi connectivity index (χ1) is 14.4. The zero-order valence-electron chi connectivity index (χ0n) is 15.6. The van der Waals surface area contributed by atoms with Crippen LogP contribution in [0.15, 0.2) is 53.1 Å². The largest absolute Gasteiger partial charge is 0.362 e. The average Bonchev–Trinajstić information content (AvgIpc) is 3.24. The number of carbonyl (C=O) groups is 1. The van der Waals surface area contributed by atoms with Crippen LogP contribution in [0.25, 0.3) is 11.3 Å². The topological polar surface area (TPSA) is 92.7 Å². The summed E-state index contributed by atoms with van der Waals surface area (Å²) in [7, 11) is 0. The fourth-order valence-corrected chi connectivity index (χ4v) is 3.73. The maximum Gasteiger partial charge on any atom is 0.294 e. The van der Waals surface area contributed by atoms with Crippen LogP contribution in [0.1, 0.15) is 10.5 Å². The van der Waals surface area contributed by atoms with Crippen molar-refractivity contribution < 1.29 is 14.2 Å². The Balaban J connectivity index is 1.45. The number of amides is 1. The molecule has 0 bridgehead atoms. The van der Waals surface area contributed by atoms with Gasteiger partial charge < -0.3 is 14.3 Å². The van der Waals surface area contributed by atoms with E-state index in [0.717, 1.165) is 5.56 Å². The van der Waals surface area contributed by atoms with E-state index in [-0.39, 0.29) is 17.3 Å². The molecule has 30 heavy (non-hydrogen) atoms. The Morgan fingerprint density at radius 2 is 1.77 bits per heavy atom. The maximum absolute atomic E-state index is 12.8. The summed E-state index contributed by atoms with van der Waals surface area (Å²) in [5.74, 6) is 0.202. The summed E-state index contributed by atoms with van der Waals surface area (Å²) in [4.78, 5) is 27.2. The number of halogens is 2. The molecule has 1 fully saturated rings. The summed E-state index contributed by atoms with van der Waals surface area (Å²) in [6.07, 6.45) is 0. The second kappa shape index (κ2) is 8.33. The zero-order chi connectivity index (χ0) is 21.3.